The van der Waals surface area contributed by atoms with Gasteiger partial charge in [0.2, 0.25) is 0 Å². The summed E-state index contributed by atoms with van der Waals surface area (Å²) >= 11 is 64.6. The van der Waals surface area contributed by atoms with Crippen molar-refractivity contribution in [3.8, 4) is 0 Å². The Labute approximate surface area is 869 Å². The molecule has 0 bridgehead atoms. The van der Waals surface area contributed by atoms with Gasteiger partial charge in [0.1, 0.15) is 0 Å². The standard InChI is InChI=1S/6C16H35O2PS2.Mo/c6*1-5-9-11-15(7-3)13-17-19(20,21)18-14-16(8-4)12-10-6-2;/h6*15-16H,5-14H2,1-4H3,(H,20,21);/q;;;;;;+6/p-6. The third kappa shape index (κ3) is 99.3. The first-order valence-corrected chi connectivity index (χ1v) is 73.4. The zero-order valence-corrected chi connectivity index (χ0v) is 103. The van der Waals surface area contributed by atoms with E-state index < -0.39 is 34.2 Å². The molecule has 0 aromatic heterocycles. The minimum Gasteiger partial charge on any atom is -0.691 e. The third-order valence-corrected chi connectivity index (χ3v) is 37.3. The Morgan fingerprint density at radius 2 is 0.213 bits per heavy atom. The van der Waals surface area contributed by atoms with E-state index in [1.165, 1.54) is 231 Å². The van der Waals surface area contributed by atoms with Crippen molar-refractivity contribution in [3.63, 3.8) is 0 Å². The zero-order chi connectivity index (χ0) is 96.8. The molecule has 0 rings (SSSR count). The molecule has 0 saturated carbocycles. The Morgan fingerprint density at radius 1 is 0.150 bits per heavy atom. The molecule has 0 saturated heterocycles. The van der Waals surface area contributed by atoms with Gasteiger partial charge in [0, 0.05) is 0 Å². The van der Waals surface area contributed by atoms with E-state index in [0.29, 0.717) is 150 Å². The maximum absolute atomic E-state index is 5.80. The van der Waals surface area contributed by atoms with Gasteiger partial charge in [-0.3, -0.25) is 0 Å². The topological polar surface area (TPSA) is 111 Å². The Balaban J connectivity index is -0.000000272. The summed E-state index contributed by atoms with van der Waals surface area (Å²) in [6.07, 6.45) is 57.6. The Morgan fingerprint density at radius 3 is 0.260 bits per heavy atom. The van der Waals surface area contributed by atoms with E-state index in [4.69, 9.17) is 199 Å². The van der Waals surface area contributed by atoms with Crippen molar-refractivity contribution in [2.75, 3.05) is 79.3 Å². The maximum atomic E-state index is 5.80. The number of rotatable bonds is 84. The van der Waals surface area contributed by atoms with Gasteiger partial charge in [-0.25, -0.2) is 0 Å². The first kappa shape index (κ1) is 146. The van der Waals surface area contributed by atoms with Gasteiger partial charge >= 0.3 is 21.1 Å². The monoisotopic (exact) mass is 2220 g/mol. The van der Waals surface area contributed by atoms with Gasteiger partial charge < -0.3 is 128 Å². The Bertz CT molecular complexity index is 2020. The fourth-order valence-electron chi connectivity index (χ4n) is 13.4. The normalized spacial score (nSPS) is 17.2. The fraction of sp³-hybridized carbons (Fsp3) is 1.00. The molecule has 0 spiro atoms. The summed E-state index contributed by atoms with van der Waals surface area (Å²) in [5, 5.41) is 0. The van der Waals surface area contributed by atoms with Gasteiger partial charge in [-0.05, 0) is 148 Å². The van der Waals surface area contributed by atoms with E-state index >= 15 is 0 Å². The van der Waals surface area contributed by atoms with E-state index in [0.717, 1.165) is 77.0 Å². The van der Waals surface area contributed by atoms with Crippen molar-refractivity contribution in [2.45, 2.75) is 474 Å². The summed E-state index contributed by atoms with van der Waals surface area (Å²) in [6, 6.07) is 0. The van der Waals surface area contributed by atoms with Crippen molar-refractivity contribution >= 4 is 178 Å². The van der Waals surface area contributed by atoms with Gasteiger partial charge in [-0.15, -0.1) is 0 Å². The van der Waals surface area contributed by atoms with Gasteiger partial charge in [0.05, 0.1) is 113 Å². The molecule has 0 aliphatic heterocycles. The summed E-state index contributed by atoms with van der Waals surface area (Å²) in [7, 11) is 0. The number of hydrogen-bond acceptors (Lipinski definition) is 24. The summed E-state index contributed by atoms with van der Waals surface area (Å²) < 4.78 is 69.6. The van der Waals surface area contributed by atoms with Gasteiger partial charge in [-0.2, -0.15) is 0 Å². The molecule has 31 heteroatoms. The molecule has 0 radical (unpaired) electrons. The number of unbranched alkanes of at least 4 members (excludes halogenated alkanes) is 12. The molecule has 0 fully saturated rings. The third-order valence-electron chi connectivity index (χ3n) is 24.1. The van der Waals surface area contributed by atoms with Gasteiger partial charge in [0.15, 0.2) is 0 Å². The van der Waals surface area contributed by atoms with E-state index in [1.807, 2.05) is 0 Å². The van der Waals surface area contributed by atoms with E-state index in [9.17, 15) is 0 Å². The molecule has 0 aromatic rings. The quantitative estimate of drug-likeness (QED) is 0.0327. The Kier molecular flexibility index (Phi) is 116. The molecule has 0 aromatic carbocycles. The summed E-state index contributed by atoms with van der Waals surface area (Å²) in [5.74, 6) is 6.84. The first-order valence-electron chi connectivity index (χ1n) is 51.5. The van der Waals surface area contributed by atoms with Crippen molar-refractivity contribution in [3.05, 3.63) is 0 Å². The molecule has 0 amide bonds. The molecule has 12 nitrogen and oxygen atoms in total. The fourth-order valence-corrected chi connectivity index (χ4v) is 22.9. The van der Waals surface area contributed by atoms with Crippen LogP contribution >= 0.6 is 34.2 Å². The van der Waals surface area contributed by atoms with Crippen LogP contribution in [-0.4, -0.2) is 79.3 Å². The zero-order valence-electron chi connectivity index (χ0n) is 86.2. The minimum atomic E-state index is -2.47. The maximum Gasteiger partial charge on any atom is 6.00 e. The first-order chi connectivity index (χ1) is 59.9. The molecular weight excluding hydrogens is 2010 g/mol. The van der Waals surface area contributed by atoms with Crippen LogP contribution in [0.4, 0.5) is 0 Å². The molecular formula is C96H204MoO12P6S12. The predicted molar refractivity (Wildman–Crippen MR) is 601 cm³/mol. The van der Waals surface area contributed by atoms with Crippen LogP contribution in [0.15, 0.2) is 0 Å². The van der Waals surface area contributed by atoms with Crippen LogP contribution in [0, 0.1) is 71.0 Å². The average Bonchev–Trinajstić information content (AvgIpc) is 0.936. The van der Waals surface area contributed by atoms with Crippen LogP contribution in [-0.2, 0) is 220 Å². The van der Waals surface area contributed by atoms with Crippen molar-refractivity contribution in [1.29, 1.82) is 0 Å². The van der Waals surface area contributed by atoms with E-state index in [-0.39, 0.29) is 21.1 Å². The second kappa shape index (κ2) is 101. The molecule has 12 unspecified atom stereocenters. The van der Waals surface area contributed by atoms with Crippen LogP contribution in [0.5, 0.6) is 0 Å². The second-order valence-corrected chi connectivity index (χ2v) is 65.2. The van der Waals surface area contributed by atoms with Crippen molar-refractivity contribution < 1.29 is 75.4 Å². The summed E-state index contributed by atoms with van der Waals surface area (Å²) in [5.41, 5.74) is -14.8. The SMILES string of the molecule is CCCCC(CC)COP(=S)([S-])OCC(CC)CCCC.CCCCC(CC)COP(=S)([S-])OCC(CC)CCCC.CCCCC(CC)COP(=S)([S-])OCC(CC)CCCC.CCCCC(CC)COP(=S)([S-])OCC(CC)CCCC.CCCCC(CC)COP(=S)([S-])OCC(CC)CCCC.CCCCC(CC)COP(=S)([S-])OCC(CC)CCCC.[Mo+6]. The van der Waals surface area contributed by atoms with E-state index in [1.54, 1.807) is 0 Å². The molecule has 0 aliphatic carbocycles. The molecule has 0 aliphatic rings. The molecule has 768 valence electrons. The summed E-state index contributed by atoms with van der Waals surface area (Å²) in [4.78, 5) is 0. The smallest absolute Gasteiger partial charge is 0.691 e. The van der Waals surface area contributed by atoms with Crippen LogP contribution < -0.4 is 0 Å². The van der Waals surface area contributed by atoms with E-state index in [2.05, 4.69) is 166 Å². The summed E-state index contributed by atoms with van der Waals surface area (Å²) in [6.45, 7) is 61.1. The van der Waals surface area contributed by atoms with Gasteiger partial charge in [-0.1, -0.05) is 468 Å². The second-order valence-electron chi connectivity index (χ2n) is 35.2. The molecule has 0 N–H and O–H groups in total. The van der Waals surface area contributed by atoms with Crippen molar-refractivity contribution in [2.24, 2.45) is 71.0 Å². The van der Waals surface area contributed by atoms with Crippen LogP contribution in [0.1, 0.15) is 474 Å². The van der Waals surface area contributed by atoms with Crippen LogP contribution in [0.3, 0.4) is 0 Å². The van der Waals surface area contributed by atoms with Crippen LogP contribution in [0.25, 0.3) is 0 Å². The predicted octanol–water partition coefficient (Wildman–Crippen LogP) is 37.3. The molecule has 0 heterocycles. The van der Waals surface area contributed by atoms with Crippen LogP contribution in [0.2, 0.25) is 0 Å². The molecule has 12 atom stereocenters. The minimum absolute atomic E-state index is 0. The van der Waals surface area contributed by atoms with Crippen molar-refractivity contribution in [1.82, 2.24) is 0 Å². The van der Waals surface area contributed by atoms with Gasteiger partial charge in [0.25, 0.3) is 0 Å². The number of hydrogen-bond donors (Lipinski definition) is 0. The largest absolute Gasteiger partial charge is 6.00 e. The average molecular weight is 2220 g/mol. The Hall–Kier alpha value is 6.21. The molecule has 127 heavy (non-hydrogen) atoms.